The van der Waals surface area contributed by atoms with E-state index in [0.717, 1.165) is 35.1 Å². The smallest absolute Gasteiger partial charge is 0.185 e. The number of hydrogen-bond donors (Lipinski definition) is 0. The number of fused-ring (bicyclic) bond motifs is 5. The van der Waals surface area contributed by atoms with Gasteiger partial charge in [0.2, 0.25) is 0 Å². The molecule has 3 aromatic heterocycles. The molecule has 1 aliphatic rings. The fourth-order valence-electron chi connectivity index (χ4n) is 3.06. The highest BCUT2D eigenvalue weighted by Crippen LogP contribution is 2.34. The first-order chi connectivity index (χ1) is 10.9. The van der Waals surface area contributed by atoms with E-state index in [2.05, 4.69) is 78.8 Å². The van der Waals surface area contributed by atoms with E-state index in [4.69, 9.17) is 0 Å². The second-order valence-corrected chi connectivity index (χ2v) is 6.12. The fourth-order valence-corrected chi connectivity index (χ4v) is 3.69. The summed E-state index contributed by atoms with van der Waals surface area (Å²) >= 11 is 1.68. The van der Waals surface area contributed by atoms with Crippen LogP contribution in [0.25, 0.3) is 28.6 Å². The number of aromatic nitrogens is 4. The molecule has 0 spiro atoms. The topological polar surface area (TPSA) is 35.6 Å². The summed E-state index contributed by atoms with van der Waals surface area (Å²) in [4.78, 5) is 0. The highest BCUT2D eigenvalue weighted by atomic mass is 32.1. The van der Waals surface area contributed by atoms with Gasteiger partial charge in [-0.15, -0.1) is 10.2 Å². The number of para-hydroxylation sites is 1. The van der Waals surface area contributed by atoms with Gasteiger partial charge < -0.3 is 4.57 Å². The molecule has 0 fully saturated rings. The minimum Gasteiger partial charge on any atom is -0.340 e. The fraction of sp³-hybridized carbons (Fsp3) is 0.0588. The van der Waals surface area contributed by atoms with Crippen LogP contribution < -0.4 is 0 Å². The van der Waals surface area contributed by atoms with Gasteiger partial charge >= 0.3 is 0 Å². The van der Waals surface area contributed by atoms with Crippen molar-refractivity contribution in [2.45, 2.75) is 6.54 Å². The van der Waals surface area contributed by atoms with Gasteiger partial charge in [-0.05, 0) is 35.2 Å². The van der Waals surface area contributed by atoms with Gasteiger partial charge in [-0.1, -0.05) is 18.2 Å². The van der Waals surface area contributed by atoms with Crippen molar-refractivity contribution in [3.05, 3.63) is 65.0 Å². The van der Waals surface area contributed by atoms with E-state index >= 15 is 0 Å². The van der Waals surface area contributed by atoms with E-state index in [0.29, 0.717) is 0 Å². The van der Waals surface area contributed by atoms with Crippen LogP contribution in [0.4, 0.5) is 0 Å². The van der Waals surface area contributed by atoms with Crippen molar-refractivity contribution in [1.29, 1.82) is 0 Å². The lowest BCUT2D eigenvalue weighted by Crippen LogP contribution is -2.01. The Morgan fingerprint density at radius 2 is 1.86 bits per heavy atom. The van der Waals surface area contributed by atoms with Crippen molar-refractivity contribution in [1.82, 2.24) is 19.3 Å². The molecule has 22 heavy (non-hydrogen) atoms. The van der Waals surface area contributed by atoms with E-state index in [1.807, 2.05) is 0 Å². The predicted molar refractivity (Wildman–Crippen MR) is 87.2 cm³/mol. The van der Waals surface area contributed by atoms with Crippen LogP contribution in [0.2, 0.25) is 0 Å². The number of thiophene rings is 1. The van der Waals surface area contributed by atoms with E-state index in [9.17, 15) is 0 Å². The highest BCUT2D eigenvalue weighted by molar-refractivity contribution is 7.08. The molecule has 4 nitrogen and oxygen atoms in total. The lowest BCUT2D eigenvalue weighted by molar-refractivity contribution is 0.816. The first-order valence-electron chi connectivity index (χ1n) is 7.13. The van der Waals surface area contributed by atoms with Gasteiger partial charge in [0.1, 0.15) is 0 Å². The van der Waals surface area contributed by atoms with E-state index in [1.54, 1.807) is 11.3 Å². The third-order valence-corrected chi connectivity index (χ3v) is 4.76. The number of hydrogen-bond acceptors (Lipinski definition) is 3. The molecule has 0 unspecified atom stereocenters. The lowest BCUT2D eigenvalue weighted by atomic mass is 10.1. The molecule has 5 rings (SSSR count). The summed E-state index contributed by atoms with van der Waals surface area (Å²) in [5, 5.41) is 13.1. The molecule has 0 amide bonds. The zero-order valence-electron chi connectivity index (χ0n) is 11.7. The van der Waals surface area contributed by atoms with Crippen molar-refractivity contribution in [2.24, 2.45) is 0 Å². The summed E-state index contributed by atoms with van der Waals surface area (Å²) < 4.78 is 4.40. The minimum absolute atomic E-state index is 0.852. The molecule has 0 bridgehead atoms. The average Bonchev–Trinajstić information content (AvgIpc) is 3.26. The van der Waals surface area contributed by atoms with Gasteiger partial charge in [0, 0.05) is 23.7 Å². The Morgan fingerprint density at radius 1 is 0.955 bits per heavy atom. The van der Waals surface area contributed by atoms with Crippen LogP contribution >= 0.6 is 11.3 Å². The molecule has 106 valence electrons. The molecule has 0 N–H and O–H groups in total. The Balaban J connectivity index is 1.90. The summed E-state index contributed by atoms with van der Waals surface area (Å²) in [6, 6.07) is 14.7. The van der Waals surface area contributed by atoms with Crippen molar-refractivity contribution >= 4 is 11.3 Å². The summed E-state index contributed by atoms with van der Waals surface area (Å²) in [7, 11) is 0. The monoisotopic (exact) mass is 304 g/mol. The summed E-state index contributed by atoms with van der Waals surface area (Å²) in [5.41, 5.74) is 4.64. The minimum atomic E-state index is 0.852. The second-order valence-electron chi connectivity index (χ2n) is 5.34. The standard InChI is InChI=1S/C17H12N4S/c1-2-5-14-12(4-1)10-20-8-3-6-15(20)17-19-18-16(21(14)17)13-7-9-22-11-13/h1-9,11H,10H2. The van der Waals surface area contributed by atoms with Crippen LogP contribution in [-0.4, -0.2) is 19.3 Å². The molecular weight excluding hydrogens is 292 g/mol. The third kappa shape index (κ3) is 1.57. The maximum atomic E-state index is 4.48. The Kier molecular flexibility index (Phi) is 2.40. The van der Waals surface area contributed by atoms with E-state index in [1.165, 1.54) is 5.56 Å². The van der Waals surface area contributed by atoms with Gasteiger partial charge in [0.25, 0.3) is 0 Å². The van der Waals surface area contributed by atoms with Crippen molar-refractivity contribution in [3.63, 3.8) is 0 Å². The Morgan fingerprint density at radius 3 is 2.77 bits per heavy atom. The van der Waals surface area contributed by atoms with Gasteiger partial charge in [0.05, 0.1) is 11.4 Å². The Labute approximate surface area is 131 Å². The van der Waals surface area contributed by atoms with Crippen LogP contribution in [0, 0.1) is 0 Å². The molecule has 0 radical (unpaired) electrons. The summed E-state index contributed by atoms with van der Waals surface area (Å²) in [5.74, 6) is 1.80. The zero-order chi connectivity index (χ0) is 14.5. The van der Waals surface area contributed by atoms with Crippen LogP contribution in [-0.2, 0) is 6.54 Å². The van der Waals surface area contributed by atoms with Crippen molar-refractivity contribution in [2.75, 3.05) is 0 Å². The average molecular weight is 304 g/mol. The summed E-state index contributed by atoms with van der Waals surface area (Å²) in [6.07, 6.45) is 2.10. The lowest BCUT2D eigenvalue weighted by Gasteiger charge is -2.10. The highest BCUT2D eigenvalue weighted by Gasteiger charge is 2.24. The third-order valence-electron chi connectivity index (χ3n) is 4.07. The SMILES string of the molecule is c1ccc2c(c1)Cn1cccc1-c1nnc(-c3ccsc3)n1-2. The van der Waals surface area contributed by atoms with Gasteiger partial charge in [-0.3, -0.25) is 4.57 Å². The van der Waals surface area contributed by atoms with Gasteiger partial charge in [-0.25, -0.2) is 0 Å². The van der Waals surface area contributed by atoms with Crippen LogP contribution in [0.15, 0.2) is 59.4 Å². The molecule has 4 heterocycles. The van der Waals surface area contributed by atoms with Crippen LogP contribution in [0.3, 0.4) is 0 Å². The number of benzene rings is 1. The molecule has 0 atom stereocenters. The van der Waals surface area contributed by atoms with E-state index in [-0.39, 0.29) is 0 Å². The van der Waals surface area contributed by atoms with Gasteiger partial charge in [-0.2, -0.15) is 11.3 Å². The van der Waals surface area contributed by atoms with Crippen LogP contribution in [0.1, 0.15) is 5.56 Å². The molecular formula is C17H12N4S. The molecule has 0 aliphatic carbocycles. The molecule has 5 heteroatoms. The Bertz CT molecular complexity index is 962. The Hall–Kier alpha value is -2.66. The molecule has 0 saturated heterocycles. The van der Waals surface area contributed by atoms with Crippen molar-refractivity contribution in [3.8, 4) is 28.6 Å². The maximum Gasteiger partial charge on any atom is 0.185 e. The molecule has 4 aromatic rings. The zero-order valence-corrected chi connectivity index (χ0v) is 12.5. The summed E-state index contributed by atoms with van der Waals surface area (Å²) in [6.45, 7) is 0.852. The first kappa shape index (κ1) is 11.9. The largest absolute Gasteiger partial charge is 0.340 e. The molecule has 1 aromatic carbocycles. The van der Waals surface area contributed by atoms with Crippen LogP contribution in [0.5, 0.6) is 0 Å². The molecule has 0 saturated carbocycles. The number of nitrogens with zero attached hydrogens (tertiary/aromatic N) is 4. The van der Waals surface area contributed by atoms with Crippen molar-refractivity contribution < 1.29 is 0 Å². The predicted octanol–water partition coefficient (Wildman–Crippen LogP) is 3.83. The molecule has 1 aliphatic heterocycles. The first-order valence-corrected chi connectivity index (χ1v) is 8.08. The normalized spacial score (nSPS) is 12.4. The quantitative estimate of drug-likeness (QED) is 0.472. The number of rotatable bonds is 1. The second kappa shape index (κ2) is 4.42. The maximum absolute atomic E-state index is 4.48. The van der Waals surface area contributed by atoms with E-state index < -0.39 is 0 Å². The van der Waals surface area contributed by atoms with Gasteiger partial charge in [0.15, 0.2) is 11.6 Å².